The lowest BCUT2D eigenvalue weighted by Crippen LogP contribution is -1.98. The van der Waals surface area contributed by atoms with Crippen LogP contribution in [0.1, 0.15) is 17.4 Å². The van der Waals surface area contributed by atoms with Crippen LogP contribution in [0.3, 0.4) is 0 Å². The molecule has 3 aromatic rings. The molecule has 0 bridgehead atoms. The highest BCUT2D eigenvalue weighted by atomic mass is 16.1. The van der Waals surface area contributed by atoms with E-state index in [1.807, 2.05) is 36.5 Å². The number of nitrogens with zero attached hydrogens (tertiary/aromatic N) is 3. The average Bonchev–Trinajstić information content (AvgIpc) is 2.79. The Labute approximate surface area is 104 Å². The quantitative estimate of drug-likeness (QED) is 0.643. The van der Waals surface area contributed by atoms with E-state index in [1.54, 1.807) is 23.7 Å². The molecule has 0 radical (unpaired) electrons. The molecule has 0 aliphatic heterocycles. The summed E-state index contributed by atoms with van der Waals surface area (Å²) in [5, 5.41) is 0. The lowest BCUT2D eigenvalue weighted by atomic mass is 10.2. The molecular formula is C14H11N3O. The molecule has 4 nitrogen and oxygen atoms in total. The van der Waals surface area contributed by atoms with Gasteiger partial charge in [-0.15, -0.1) is 0 Å². The van der Waals surface area contributed by atoms with Crippen LogP contribution in [0.15, 0.2) is 48.9 Å². The molecule has 3 rings (SSSR count). The van der Waals surface area contributed by atoms with Gasteiger partial charge in [0, 0.05) is 31.1 Å². The van der Waals surface area contributed by atoms with Gasteiger partial charge in [-0.3, -0.25) is 14.2 Å². The zero-order valence-electron chi connectivity index (χ0n) is 9.87. The van der Waals surface area contributed by atoms with Gasteiger partial charge in [-0.25, -0.2) is 4.98 Å². The molecule has 0 aliphatic rings. The Bertz CT molecular complexity index is 716. The van der Waals surface area contributed by atoms with E-state index in [9.17, 15) is 4.79 Å². The molecule has 3 heterocycles. The van der Waals surface area contributed by atoms with Crippen molar-refractivity contribution in [3.63, 3.8) is 0 Å². The minimum absolute atomic E-state index is 0.0141. The highest BCUT2D eigenvalue weighted by Gasteiger charge is 2.14. The van der Waals surface area contributed by atoms with E-state index in [0.717, 1.165) is 16.9 Å². The van der Waals surface area contributed by atoms with E-state index in [0.29, 0.717) is 5.69 Å². The van der Waals surface area contributed by atoms with Crippen molar-refractivity contribution in [3.8, 4) is 11.3 Å². The molecule has 18 heavy (non-hydrogen) atoms. The lowest BCUT2D eigenvalue weighted by molar-refractivity contribution is 0.101. The summed E-state index contributed by atoms with van der Waals surface area (Å²) in [6, 6.07) is 9.34. The summed E-state index contributed by atoms with van der Waals surface area (Å²) in [7, 11) is 0. The van der Waals surface area contributed by atoms with E-state index in [1.165, 1.54) is 0 Å². The molecule has 0 spiro atoms. The molecule has 3 aromatic heterocycles. The number of hydrogen-bond acceptors (Lipinski definition) is 3. The van der Waals surface area contributed by atoms with E-state index >= 15 is 0 Å². The molecule has 0 N–H and O–H groups in total. The number of ketones is 1. The Balaban J connectivity index is 2.34. The summed E-state index contributed by atoms with van der Waals surface area (Å²) in [6.07, 6.45) is 5.28. The van der Waals surface area contributed by atoms with Gasteiger partial charge >= 0.3 is 0 Å². The van der Waals surface area contributed by atoms with Crippen molar-refractivity contribution in [1.82, 2.24) is 14.4 Å². The smallest absolute Gasteiger partial charge is 0.176 e. The topological polar surface area (TPSA) is 47.3 Å². The van der Waals surface area contributed by atoms with Gasteiger partial charge in [0.1, 0.15) is 5.65 Å². The van der Waals surface area contributed by atoms with Crippen LogP contribution in [-0.2, 0) is 0 Å². The molecule has 0 aromatic carbocycles. The maximum Gasteiger partial charge on any atom is 0.176 e. The van der Waals surface area contributed by atoms with Crippen LogP contribution < -0.4 is 0 Å². The lowest BCUT2D eigenvalue weighted by Gasteiger charge is -1.98. The van der Waals surface area contributed by atoms with Crippen molar-refractivity contribution in [3.05, 3.63) is 54.6 Å². The third-order valence-corrected chi connectivity index (χ3v) is 2.83. The molecule has 0 aliphatic carbocycles. The van der Waals surface area contributed by atoms with Crippen LogP contribution in [0.4, 0.5) is 0 Å². The first-order chi connectivity index (χ1) is 8.77. The fourth-order valence-corrected chi connectivity index (χ4v) is 2.02. The first-order valence-electron chi connectivity index (χ1n) is 5.66. The predicted molar refractivity (Wildman–Crippen MR) is 68.4 cm³/mol. The number of pyridine rings is 1. The van der Waals surface area contributed by atoms with Gasteiger partial charge < -0.3 is 0 Å². The maximum atomic E-state index is 11.6. The first-order valence-corrected chi connectivity index (χ1v) is 5.66. The zero-order valence-corrected chi connectivity index (χ0v) is 9.87. The number of rotatable bonds is 2. The molecule has 0 saturated heterocycles. The third kappa shape index (κ3) is 1.59. The Morgan fingerprint density at radius 2 is 2.00 bits per heavy atom. The first kappa shape index (κ1) is 10.7. The molecular weight excluding hydrogens is 226 g/mol. The minimum Gasteiger partial charge on any atom is -0.298 e. The molecule has 4 heteroatoms. The molecule has 0 saturated carbocycles. The fourth-order valence-electron chi connectivity index (χ4n) is 2.02. The number of carbonyl (C=O) groups excluding carboxylic acids is 1. The van der Waals surface area contributed by atoms with Crippen LogP contribution in [0.5, 0.6) is 0 Å². The number of hydrogen-bond donors (Lipinski definition) is 0. The van der Waals surface area contributed by atoms with Gasteiger partial charge in [0.25, 0.3) is 0 Å². The van der Waals surface area contributed by atoms with E-state index in [2.05, 4.69) is 9.97 Å². The van der Waals surface area contributed by atoms with Crippen molar-refractivity contribution in [2.75, 3.05) is 0 Å². The molecule has 0 fully saturated rings. The predicted octanol–water partition coefficient (Wildman–Crippen LogP) is 2.60. The summed E-state index contributed by atoms with van der Waals surface area (Å²) < 4.78 is 1.80. The summed E-state index contributed by atoms with van der Waals surface area (Å²) in [5.74, 6) is 0.0141. The molecule has 0 amide bonds. The summed E-state index contributed by atoms with van der Waals surface area (Å²) in [5.41, 5.74) is 3.07. The van der Waals surface area contributed by atoms with Crippen molar-refractivity contribution >= 4 is 11.4 Å². The van der Waals surface area contributed by atoms with E-state index in [-0.39, 0.29) is 5.78 Å². The fraction of sp³-hybridized carbons (Fsp3) is 0.0714. The normalized spacial score (nSPS) is 10.7. The van der Waals surface area contributed by atoms with E-state index in [4.69, 9.17) is 0 Å². The average molecular weight is 237 g/mol. The van der Waals surface area contributed by atoms with Crippen LogP contribution in [-0.4, -0.2) is 20.2 Å². The molecule has 0 unspecified atom stereocenters. The second-order valence-corrected chi connectivity index (χ2v) is 4.03. The number of fused-ring (bicyclic) bond motifs is 1. The standard InChI is InChI=1S/C14H11N3O/c1-10(18)13-9-11(12-5-2-3-6-15-12)14-16-7-4-8-17(13)14/h2-9H,1H3. The third-order valence-electron chi connectivity index (χ3n) is 2.83. The molecule has 0 atom stereocenters. The zero-order chi connectivity index (χ0) is 12.5. The summed E-state index contributed by atoms with van der Waals surface area (Å²) in [4.78, 5) is 20.3. The Morgan fingerprint density at radius 3 is 2.72 bits per heavy atom. The monoisotopic (exact) mass is 237 g/mol. The highest BCUT2D eigenvalue weighted by molar-refractivity contribution is 5.97. The maximum absolute atomic E-state index is 11.6. The van der Waals surface area contributed by atoms with Crippen LogP contribution in [0.2, 0.25) is 0 Å². The van der Waals surface area contributed by atoms with Gasteiger partial charge in [0.2, 0.25) is 0 Å². The van der Waals surface area contributed by atoms with Gasteiger partial charge in [-0.2, -0.15) is 0 Å². The van der Waals surface area contributed by atoms with Gasteiger partial charge in [-0.05, 0) is 24.3 Å². The van der Waals surface area contributed by atoms with Crippen molar-refractivity contribution in [2.24, 2.45) is 0 Å². The van der Waals surface area contributed by atoms with Gasteiger partial charge in [-0.1, -0.05) is 6.07 Å². The summed E-state index contributed by atoms with van der Waals surface area (Å²) >= 11 is 0. The van der Waals surface area contributed by atoms with Gasteiger partial charge in [0.15, 0.2) is 5.78 Å². The SMILES string of the molecule is CC(=O)c1cc(-c2ccccn2)c2ncccn12. The van der Waals surface area contributed by atoms with Crippen LogP contribution >= 0.6 is 0 Å². The largest absolute Gasteiger partial charge is 0.298 e. The number of aromatic nitrogens is 3. The summed E-state index contributed by atoms with van der Waals surface area (Å²) in [6.45, 7) is 1.55. The minimum atomic E-state index is 0.0141. The molecule has 88 valence electrons. The second kappa shape index (κ2) is 4.07. The van der Waals surface area contributed by atoms with Crippen molar-refractivity contribution < 1.29 is 4.79 Å². The van der Waals surface area contributed by atoms with Crippen molar-refractivity contribution in [2.45, 2.75) is 6.92 Å². The Kier molecular flexibility index (Phi) is 2.41. The number of Topliss-reactive ketones (excluding diaryl/α,β-unsaturated/α-hetero) is 1. The van der Waals surface area contributed by atoms with Crippen LogP contribution in [0, 0.1) is 0 Å². The van der Waals surface area contributed by atoms with E-state index < -0.39 is 0 Å². The number of carbonyl (C=O) groups is 1. The highest BCUT2D eigenvalue weighted by Crippen LogP contribution is 2.25. The second-order valence-electron chi connectivity index (χ2n) is 4.03. The van der Waals surface area contributed by atoms with Crippen molar-refractivity contribution in [1.29, 1.82) is 0 Å². The Morgan fingerprint density at radius 1 is 1.17 bits per heavy atom. The van der Waals surface area contributed by atoms with Crippen LogP contribution in [0.25, 0.3) is 16.9 Å². The van der Waals surface area contributed by atoms with Gasteiger partial charge in [0.05, 0.1) is 11.4 Å². The Hall–Kier alpha value is -2.49.